The van der Waals surface area contributed by atoms with Gasteiger partial charge in [0.25, 0.3) is 5.92 Å². The molecule has 0 aliphatic heterocycles. The lowest BCUT2D eigenvalue weighted by Gasteiger charge is -2.12. The van der Waals surface area contributed by atoms with Gasteiger partial charge in [0.15, 0.2) is 0 Å². The highest BCUT2D eigenvalue weighted by molar-refractivity contribution is 5.69. The first-order valence-electron chi connectivity index (χ1n) is 4.77. The highest BCUT2D eigenvalue weighted by Gasteiger charge is 2.25. The van der Waals surface area contributed by atoms with Crippen molar-refractivity contribution in [1.29, 1.82) is 0 Å². The molecule has 0 fully saturated rings. The Morgan fingerprint density at radius 3 is 2.81 bits per heavy atom. The van der Waals surface area contributed by atoms with Crippen molar-refractivity contribution in [3.8, 4) is 0 Å². The van der Waals surface area contributed by atoms with E-state index >= 15 is 0 Å². The van der Waals surface area contributed by atoms with Crippen LogP contribution in [0.3, 0.4) is 0 Å². The number of hydrogen-bond acceptors (Lipinski definition) is 3. The van der Waals surface area contributed by atoms with E-state index in [1.165, 1.54) is 13.1 Å². The van der Waals surface area contributed by atoms with Crippen LogP contribution < -0.4 is 0 Å². The number of carboxylic acids is 1. The average molecular weight is 233 g/mol. The minimum Gasteiger partial charge on any atom is -0.481 e. The van der Waals surface area contributed by atoms with E-state index in [0.29, 0.717) is 5.69 Å². The average Bonchev–Trinajstić information content (AvgIpc) is 2.49. The van der Waals surface area contributed by atoms with Gasteiger partial charge in [0, 0.05) is 13.3 Å². The van der Waals surface area contributed by atoms with Gasteiger partial charge >= 0.3 is 5.97 Å². The molecule has 90 valence electrons. The maximum Gasteiger partial charge on any atom is 0.306 e. The molecule has 1 heterocycles. The van der Waals surface area contributed by atoms with Crippen LogP contribution in [0.5, 0.6) is 0 Å². The highest BCUT2D eigenvalue weighted by Crippen LogP contribution is 2.16. The van der Waals surface area contributed by atoms with Gasteiger partial charge in [-0.3, -0.25) is 4.79 Å². The summed E-state index contributed by atoms with van der Waals surface area (Å²) >= 11 is 0. The van der Waals surface area contributed by atoms with Crippen LogP contribution in [0.1, 0.15) is 19.5 Å². The second kappa shape index (κ2) is 4.54. The molecule has 0 amide bonds. The smallest absolute Gasteiger partial charge is 0.306 e. The van der Waals surface area contributed by atoms with Gasteiger partial charge in [-0.05, 0) is 0 Å². The van der Waals surface area contributed by atoms with Gasteiger partial charge in [0.1, 0.15) is 6.54 Å². The number of aromatic nitrogens is 3. The molecule has 1 unspecified atom stereocenters. The SMILES string of the molecule is CC(Cc1cnnn1CC(C)(F)F)C(=O)O. The van der Waals surface area contributed by atoms with Gasteiger partial charge in [-0.1, -0.05) is 12.1 Å². The fraction of sp³-hybridized carbons (Fsp3) is 0.667. The third kappa shape index (κ3) is 3.56. The van der Waals surface area contributed by atoms with Gasteiger partial charge in [0.2, 0.25) is 0 Å². The Bertz CT molecular complexity index is 373. The number of nitrogens with zero attached hydrogens (tertiary/aromatic N) is 3. The monoisotopic (exact) mass is 233 g/mol. The van der Waals surface area contributed by atoms with E-state index in [0.717, 1.165) is 11.6 Å². The Morgan fingerprint density at radius 1 is 1.69 bits per heavy atom. The molecule has 0 aromatic carbocycles. The summed E-state index contributed by atoms with van der Waals surface area (Å²) in [7, 11) is 0. The minimum atomic E-state index is -2.89. The summed E-state index contributed by atoms with van der Waals surface area (Å²) in [4.78, 5) is 10.6. The van der Waals surface area contributed by atoms with Crippen LogP contribution in [0.4, 0.5) is 8.78 Å². The molecule has 1 aromatic rings. The number of alkyl halides is 2. The molecule has 0 radical (unpaired) electrons. The molecule has 1 aromatic heterocycles. The third-order valence-corrected chi connectivity index (χ3v) is 2.06. The van der Waals surface area contributed by atoms with Crippen molar-refractivity contribution in [2.75, 3.05) is 0 Å². The van der Waals surface area contributed by atoms with Crippen molar-refractivity contribution in [1.82, 2.24) is 15.0 Å². The Balaban J connectivity index is 2.75. The van der Waals surface area contributed by atoms with E-state index in [1.54, 1.807) is 0 Å². The van der Waals surface area contributed by atoms with E-state index in [9.17, 15) is 13.6 Å². The third-order valence-electron chi connectivity index (χ3n) is 2.06. The maximum absolute atomic E-state index is 12.8. The summed E-state index contributed by atoms with van der Waals surface area (Å²) in [6.07, 6.45) is 1.45. The van der Waals surface area contributed by atoms with Crippen LogP contribution >= 0.6 is 0 Å². The molecule has 0 bridgehead atoms. The van der Waals surface area contributed by atoms with Gasteiger partial charge in [-0.2, -0.15) is 0 Å². The molecule has 16 heavy (non-hydrogen) atoms. The molecule has 0 spiro atoms. The number of halogens is 2. The van der Waals surface area contributed by atoms with E-state index in [1.807, 2.05) is 0 Å². The summed E-state index contributed by atoms with van der Waals surface area (Å²) < 4.78 is 26.6. The van der Waals surface area contributed by atoms with Gasteiger partial charge in [-0.15, -0.1) is 5.10 Å². The lowest BCUT2D eigenvalue weighted by atomic mass is 10.1. The molecule has 0 saturated carbocycles. The van der Waals surface area contributed by atoms with Crippen molar-refractivity contribution < 1.29 is 18.7 Å². The Kier molecular flexibility index (Phi) is 3.56. The van der Waals surface area contributed by atoms with E-state index in [2.05, 4.69) is 10.3 Å². The first kappa shape index (κ1) is 12.5. The first-order valence-corrected chi connectivity index (χ1v) is 4.77. The first-order chi connectivity index (χ1) is 7.29. The standard InChI is InChI=1S/C9H13F2N3O2/c1-6(8(15)16)3-7-4-12-13-14(7)5-9(2,10)11/h4,6H,3,5H2,1-2H3,(H,15,16). The summed E-state index contributed by atoms with van der Waals surface area (Å²) in [5.41, 5.74) is 0.399. The second-order valence-corrected chi connectivity index (χ2v) is 3.90. The van der Waals surface area contributed by atoms with Crippen molar-refractivity contribution in [2.24, 2.45) is 5.92 Å². The molecule has 0 aliphatic rings. The van der Waals surface area contributed by atoms with Crippen LogP contribution in [0.25, 0.3) is 0 Å². The summed E-state index contributed by atoms with van der Waals surface area (Å²) in [5.74, 6) is -4.52. The molecule has 0 aliphatic carbocycles. The maximum atomic E-state index is 12.8. The fourth-order valence-corrected chi connectivity index (χ4v) is 1.23. The molecule has 7 heteroatoms. The molecule has 1 rings (SSSR count). The summed E-state index contributed by atoms with van der Waals surface area (Å²) in [6.45, 7) is 1.69. The van der Waals surface area contributed by atoms with E-state index < -0.39 is 24.4 Å². The topological polar surface area (TPSA) is 68.0 Å². The molecule has 5 nitrogen and oxygen atoms in total. The van der Waals surface area contributed by atoms with Crippen LogP contribution in [-0.2, 0) is 17.8 Å². The fourth-order valence-electron chi connectivity index (χ4n) is 1.23. The van der Waals surface area contributed by atoms with Crippen molar-refractivity contribution in [2.45, 2.75) is 32.7 Å². The lowest BCUT2D eigenvalue weighted by molar-refractivity contribution is -0.141. The van der Waals surface area contributed by atoms with Crippen LogP contribution in [-0.4, -0.2) is 32.0 Å². The molecular formula is C9H13F2N3O2. The van der Waals surface area contributed by atoms with Crippen molar-refractivity contribution >= 4 is 5.97 Å². The minimum absolute atomic E-state index is 0.137. The second-order valence-electron chi connectivity index (χ2n) is 3.90. The highest BCUT2D eigenvalue weighted by atomic mass is 19.3. The Labute approximate surface area is 91.1 Å². The lowest BCUT2D eigenvalue weighted by Crippen LogP contribution is -2.23. The summed E-state index contributed by atoms with van der Waals surface area (Å²) in [5, 5.41) is 15.7. The number of aliphatic carboxylic acids is 1. The van der Waals surface area contributed by atoms with Gasteiger partial charge < -0.3 is 5.11 Å². The zero-order chi connectivity index (χ0) is 12.3. The normalized spacial score (nSPS) is 13.8. The number of hydrogen-bond donors (Lipinski definition) is 1. The Morgan fingerprint density at radius 2 is 2.31 bits per heavy atom. The summed E-state index contributed by atoms with van der Waals surface area (Å²) in [6, 6.07) is 0. The van der Waals surface area contributed by atoms with Crippen LogP contribution in [0.15, 0.2) is 6.20 Å². The largest absolute Gasteiger partial charge is 0.481 e. The molecule has 1 N–H and O–H groups in total. The Hall–Kier alpha value is -1.53. The van der Waals surface area contributed by atoms with Crippen LogP contribution in [0.2, 0.25) is 0 Å². The van der Waals surface area contributed by atoms with Crippen molar-refractivity contribution in [3.05, 3.63) is 11.9 Å². The quantitative estimate of drug-likeness (QED) is 0.829. The zero-order valence-electron chi connectivity index (χ0n) is 9.02. The van der Waals surface area contributed by atoms with E-state index in [4.69, 9.17) is 5.11 Å². The predicted octanol–water partition coefficient (Wildman–Crippen LogP) is 1.20. The van der Waals surface area contributed by atoms with E-state index in [-0.39, 0.29) is 6.42 Å². The van der Waals surface area contributed by atoms with Crippen molar-refractivity contribution in [3.63, 3.8) is 0 Å². The number of carboxylic acid groups (broad SMARTS) is 1. The molecule has 1 atom stereocenters. The van der Waals surface area contributed by atoms with Crippen LogP contribution in [0, 0.1) is 5.92 Å². The molecule has 0 saturated heterocycles. The number of rotatable bonds is 5. The number of carbonyl (C=O) groups is 1. The van der Waals surface area contributed by atoms with Gasteiger partial charge in [-0.25, -0.2) is 13.5 Å². The van der Waals surface area contributed by atoms with Gasteiger partial charge in [0.05, 0.1) is 17.8 Å². The zero-order valence-corrected chi connectivity index (χ0v) is 9.02. The predicted molar refractivity (Wildman–Crippen MR) is 51.1 cm³/mol. The molecular weight excluding hydrogens is 220 g/mol.